The predicted octanol–water partition coefficient (Wildman–Crippen LogP) is 1.86. The molecule has 1 aliphatic rings. The van der Waals surface area contributed by atoms with Gasteiger partial charge in [-0.2, -0.15) is 5.10 Å². The number of nitrogens with zero attached hydrogens (tertiary/aromatic N) is 6. The maximum absolute atomic E-state index is 12.9. The zero-order valence-corrected chi connectivity index (χ0v) is 13.4. The van der Waals surface area contributed by atoms with Gasteiger partial charge >= 0.3 is 0 Å². The monoisotopic (exact) mass is 322 g/mol. The first kappa shape index (κ1) is 14.6. The summed E-state index contributed by atoms with van der Waals surface area (Å²) < 4.78 is 3.63. The molecule has 0 saturated carbocycles. The van der Waals surface area contributed by atoms with Crippen LogP contribution in [-0.4, -0.2) is 48.7 Å². The molecule has 7 nitrogen and oxygen atoms in total. The summed E-state index contributed by atoms with van der Waals surface area (Å²) >= 11 is 0. The summed E-state index contributed by atoms with van der Waals surface area (Å²) in [4.78, 5) is 14.7. The standard InChI is InChI=1S/C17H18N6O/c1-13-16(11-19-23(13)14-5-3-2-4-6-14)17(24)21-9-7-15(12-21)22-10-8-18-20-22/h2-6,8,10-11,15H,7,9,12H2,1H3. The third kappa shape index (κ3) is 2.47. The number of para-hydroxylation sites is 1. The molecule has 7 heteroatoms. The topological polar surface area (TPSA) is 68.8 Å². The Morgan fingerprint density at radius 1 is 1.25 bits per heavy atom. The third-order valence-electron chi connectivity index (χ3n) is 4.51. The van der Waals surface area contributed by atoms with E-state index in [9.17, 15) is 4.79 Å². The molecule has 2 aromatic heterocycles. The Labute approximate surface area is 139 Å². The number of amides is 1. The van der Waals surface area contributed by atoms with Gasteiger partial charge in [-0.3, -0.25) is 4.79 Å². The molecule has 4 rings (SSSR count). The average Bonchev–Trinajstić information content (AvgIpc) is 3.35. The van der Waals surface area contributed by atoms with Crippen LogP contribution in [0.5, 0.6) is 0 Å². The van der Waals surface area contributed by atoms with E-state index >= 15 is 0 Å². The van der Waals surface area contributed by atoms with E-state index in [2.05, 4.69) is 15.4 Å². The molecule has 0 spiro atoms. The smallest absolute Gasteiger partial charge is 0.257 e. The fourth-order valence-electron chi connectivity index (χ4n) is 3.17. The minimum atomic E-state index is 0.0253. The van der Waals surface area contributed by atoms with Crippen molar-refractivity contribution in [2.75, 3.05) is 13.1 Å². The summed E-state index contributed by atoms with van der Waals surface area (Å²) in [5, 5.41) is 12.3. The molecule has 24 heavy (non-hydrogen) atoms. The van der Waals surface area contributed by atoms with Crippen LogP contribution in [0, 0.1) is 6.92 Å². The maximum Gasteiger partial charge on any atom is 0.257 e. The van der Waals surface area contributed by atoms with Crippen molar-refractivity contribution in [1.82, 2.24) is 29.7 Å². The number of benzene rings is 1. The molecule has 0 bridgehead atoms. The largest absolute Gasteiger partial charge is 0.336 e. The SMILES string of the molecule is Cc1c(C(=O)N2CCC(n3ccnn3)C2)cnn1-c1ccccc1. The highest BCUT2D eigenvalue weighted by Crippen LogP contribution is 2.23. The summed E-state index contributed by atoms with van der Waals surface area (Å²) in [5.41, 5.74) is 2.46. The van der Waals surface area contributed by atoms with Crippen LogP contribution in [0.2, 0.25) is 0 Å². The van der Waals surface area contributed by atoms with E-state index in [0.717, 1.165) is 24.3 Å². The highest BCUT2D eigenvalue weighted by atomic mass is 16.2. The molecule has 3 heterocycles. The van der Waals surface area contributed by atoms with Gasteiger partial charge in [0.05, 0.1) is 35.4 Å². The molecule has 1 fully saturated rings. The molecular formula is C17H18N6O. The first-order valence-corrected chi connectivity index (χ1v) is 7.99. The second kappa shape index (κ2) is 5.92. The summed E-state index contributed by atoms with van der Waals surface area (Å²) in [7, 11) is 0. The van der Waals surface area contributed by atoms with Crippen LogP contribution in [0.3, 0.4) is 0 Å². The molecule has 3 aromatic rings. The minimum absolute atomic E-state index is 0.0253. The first-order valence-electron chi connectivity index (χ1n) is 7.99. The summed E-state index contributed by atoms with van der Waals surface area (Å²) in [5.74, 6) is 0.0253. The Hall–Kier alpha value is -2.96. The Morgan fingerprint density at radius 2 is 2.08 bits per heavy atom. The summed E-state index contributed by atoms with van der Waals surface area (Å²) in [6.07, 6.45) is 6.06. The lowest BCUT2D eigenvalue weighted by atomic mass is 10.2. The van der Waals surface area contributed by atoms with E-state index in [-0.39, 0.29) is 11.9 Å². The summed E-state index contributed by atoms with van der Waals surface area (Å²) in [6.45, 7) is 3.30. The van der Waals surface area contributed by atoms with Crippen molar-refractivity contribution < 1.29 is 4.79 Å². The van der Waals surface area contributed by atoms with E-state index in [4.69, 9.17) is 0 Å². The van der Waals surface area contributed by atoms with Crippen LogP contribution in [0.15, 0.2) is 48.9 Å². The van der Waals surface area contributed by atoms with E-state index in [1.54, 1.807) is 17.1 Å². The van der Waals surface area contributed by atoms with Gasteiger partial charge in [0.1, 0.15) is 0 Å². The lowest BCUT2D eigenvalue weighted by molar-refractivity contribution is 0.0786. The highest BCUT2D eigenvalue weighted by Gasteiger charge is 2.30. The maximum atomic E-state index is 12.9. The van der Waals surface area contributed by atoms with Crippen LogP contribution < -0.4 is 0 Å². The molecule has 0 aliphatic carbocycles. The molecule has 1 saturated heterocycles. The van der Waals surface area contributed by atoms with Crippen molar-refractivity contribution >= 4 is 5.91 Å². The van der Waals surface area contributed by atoms with Crippen LogP contribution in [-0.2, 0) is 0 Å². The lowest BCUT2D eigenvalue weighted by Gasteiger charge is -2.16. The van der Waals surface area contributed by atoms with Crippen LogP contribution in [0.1, 0.15) is 28.5 Å². The predicted molar refractivity (Wildman–Crippen MR) is 87.9 cm³/mol. The zero-order chi connectivity index (χ0) is 16.5. The second-order valence-electron chi connectivity index (χ2n) is 5.97. The molecule has 0 radical (unpaired) electrons. The van der Waals surface area contributed by atoms with Gasteiger partial charge in [-0.05, 0) is 25.5 Å². The minimum Gasteiger partial charge on any atom is -0.336 e. The molecule has 1 amide bonds. The molecular weight excluding hydrogens is 304 g/mol. The second-order valence-corrected chi connectivity index (χ2v) is 5.97. The number of carbonyl (C=O) groups excluding carboxylic acids is 1. The molecule has 122 valence electrons. The molecule has 1 aromatic carbocycles. The number of likely N-dealkylation sites (tertiary alicyclic amines) is 1. The molecule has 0 N–H and O–H groups in total. The zero-order valence-electron chi connectivity index (χ0n) is 13.4. The normalized spacial score (nSPS) is 17.4. The van der Waals surface area contributed by atoms with Gasteiger partial charge < -0.3 is 4.90 Å². The number of hydrogen-bond donors (Lipinski definition) is 0. The third-order valence-corrected chi connectivity index (χ3v) is 4.51. The van der Waals surface area contributed by atoms with Gasteiger partial charge in [-0.15, -0.1) is 5.10 Å². The number of rotatable bonds is 3. The van der Waals surface area contributed by atoms with E-state index in [1.807, 2.05) is 53.0 Å². The van der Waals surface area contributed by atoms with Gasteiger partial charge in [0, 0.05) is 19.3 Å². The summed E-state index contributed by atoms with van der Waals surface area (Å²) in [6, 6.07) is 10.0. The van der Waals surface area contributed by atoms with Gasteiger partial charge in [-0.1, -0.05) is 23.4 Å². The Balaban J connectivity index is 1.55. The van der Waals surface area contributed by atoms with E-state index in [1.165, 1.54) is 0 Å². The van der Waals surface area contributed by atoms with Crippen LogP contribution in [0.25, 0.3) is 5.69 Å². The molecule has 1 aliphatic heterocycles. The Kier molecular flexibility index (Phi) is 3.60. The number of hydrogen-bond acceptors (Lipinski definition) is 4. The highest BCUT2D eigenvalue weighted by molar-refractivity contribution is 5.95. The Bertz CT molecular complexity index is 839. The van der Waals surface area contributed by atoms with Crippen molar-refractivity contribution in [1.29, 1.82) is 0 Å². The van der Waals surface area contributed by atoms with Gasteiger partial charge in [0.2, 0.25) is 0 Å². The quantitative estimate of drug-likeness (QED) is 0.738. The van der Waals surface area contributed by atoms with Crippen molar-refractivity contribution in [3.63, 3.8) is 0 Å². The van der Waals surface area contributed by atoms with Gasteiger partial charge in [0.15, 0.2) is 0 Å². The van der Waals surface area contributed by atoms with Crippen LogP contribution >= 0.6 is 0 Å². The average molecular weight is 322 g/mol. The van der Waals surface area contributed by atoms with Crippen molar-refractivity contribution in [2.24, 2.45) is 0 Å². The fourth-order valence-corrected chi connectivity index (χ4v) is 3.17. The van der Waals surface area contributed by atoms with Crippen LogP contribution in [0.4, 0.5) is 0 Å². The Morgan fingerprint density at radius 3 is 2.83 bits per heavy atom. The molecule has 1 unspecified atom stereocenters. The van der Waals surface area contributed by atoms with E-state index < -0.39 is 0 Å². The number of carbonyl (C=O) groups is 1. The van der Waals surface area contributed by atoms with Crippen molar-refractivity contribution in [3.8, 4) is 5.69 Å². The first-order chi connectivity index (χ1) is 11.7. The lowest BCUT2D eigenvalue weighted by Crippen LogP contribution is -2.29. The van der Waals surface area contributed by atoms with Crippen molar-refractivity contribution in [3.05, 3.63) is 60.2 Å². The number of aromatic nitrogens is 5. The van der Waals surface area contributed by atoms with Gasteiger partial charge in [0.25, 0.3) is 5.91 Å². The molecule has 1 atom stereocenters. The fraction of sp³-hybridized carbons (Fsp3) is 0.294. The van der Waals surface area contributed by atoms with Crippen molar-refractivity contribution in [2.45, 2.75) is 19.4 Å². The van der Waals surface area contributed by atoms with E-state index in [0.29, 0.717) is 12.1 Å². The van der Waals surface area contributed by atoms with Gasteiger partial charge in [-0.25, -0.2) is 9.36 Å².